The zero-order valence-corrected chi connectivity index (χ0v) is 18.7. The van der Waals surface area contributed by atoms with Crippen molar-refractivity contribution >= 4 is 33.4 Å². The van der Waals surface area contributed by atoms with Crippen LogP contribution in [-0.2, 0) is 8.54 Å². The molecule has 0 aliphatic carbocycles. The molecular weight excluding hydrogens is 302 g/mol. The maximum atomic E-state index is 6.73. The van der Waals surface area contributed by atoms with E-state index in [2.05, 4.69) is 58.4 Å². The Balaban J connectivity index is 3.14. The lowest BCUT2D eigenvalue weighted by atomic mass is 10.2. The highest BCUT2D eigenvalue weighted by atomic mass is 29.6. The predicted molar refractivity (Wildman–Crippen MR) is 94.6 cm³/mol. The van der Waals surface area contributed by atoms with Crippen molar-refractivity contribution in [2.75, 3.05) is 13.1 Å². The fourth-order valence-corrected chi connectivity index (χ4v) is 43.8. The van der Waals surface area contributed by atoms with Gasteiger partial charge in [0.05, 0.1) is 14.2 Å². The Hall–Kier alpha value is 0.748. The fourth-order valence-electron chi connectivity index (χ4n) is 3.71. The monoisotopic (exact) mass is 335 g/mol. The van der Waals surface area contributed by atoms with E-state index in [1.165, 1.54) is 6.04 Å². The molecule has 1 atom stereocenters. The summed E-state index contributed by atoms with van der Waals surface area (Å²) in [5.41, 5.74) is 0.0269. The Labute approximate surface area is 125 Å². The van der Waals surface area contributed by atoms with Gasteiger partial charge in [0.1, 0.15) is 0 Å². The van der Waals surface area contributed by atoms with Gasteiger partial charge in [-0.3, -0.25) is 4.57 Å². The summed E-state index contributed by atoms with van der Waals surface area (Å²) in [6.07, 6.45) is 0. The molecule has 0 spiro atoms. The average Bonchev–Trinajstić information content (AvgIpc) is 2.11. The number of rotatable bonds is 5. The van der Waals surface area contributed by atoms with Gasteiger partial charge in [-0.1, -0.05) is 26.9 Å². The maximum Gasteiger partial charge on any atom is 0.380 e. The van der Waals surface area contributed by atoms with Crippen molar-refractivity contribution in [2.45, 2.75) is 65.5 Å². The molecule has 1 heterocycles. The highest BCUT2D eigenvalue weighted by molar-refractivity contribution is 7.50. The van der Waals surface area contributed by atoms with E-state index in [4.69, 9.17) is 8.54 Å². The van der Waals surface area contributed by atoms with Gasteiger partial charge in [-0.25, -0.2) is 0 Å². The third-order valence-corrected chi connectivity index (χ3v) is 33.6. The Morgan fingerprint density at radius 1 is 1.26 bits per heavy atom. The van der Waals surface area contributed by atoms with Crippen molar-refractivity contribution in [2.24, 2.45) is 0 Å². The van der Waals surface area contributed by atoms with Crippen molar-refractivity contribution in [3.05, 3.63) is 0 Å². The van der Waals surface area contributed by atoms with Crippen LogP contribution in [0.3, 0.4) is 0 Å². The molecule has 0 aromatic rings. The third-order valence-electron chi connectivity index (χ3n) is 3.71. The van der Waals surface area contributed by atoms with Crippen molar-refractivity contribution in [3.8, 4) is 0 Å². The van der Waals surface area contributed by atoms with Gasteiger partial charge in [0.25, 0.3) is 0 Å². The van der Waals surface area contributed by atoms with Gasteiger partial charge < -0.3 is 8.54 Å². The first-order chi connectivity index (χ1) is 8.56. The van der Waals surface area contributed by atoms with E-state index in [-0.39, 0.29) is 14.2 Å². The molecule has 1 aliphatic heterocycles. The molecule has 19 heavy (non-hydrogen) atoms. The van der Waals surface area contributed by atoms with Crippen LogP contribution in [0.1, 0.15) is 27.7 Å². The summed E-state index contributed by atoms with van der Waals surface area (Å²) in [5.74, 6) is 0. The van der Waals surface area contributed by atoms with Gasteiger partial charge in [-0.2, -0.15) is 0 Å². The molecule has 1 saturated heterocycles. The average molecular weight is 336 g/mol. The van der Waals surface area contributed by atoms with Crippen LogP contribution in [0.15, 0.2) is 0 Å². The van der Waals surface area contributed by atoms with Gasteiger partial charge in [0, 0.05) is 7.59 Å². The summed E-state index contributed by atoms with van der Waals surface area (Å²) in [7, 11) is -4.44. The number of nitrogens with zero attached hydrogens (tertiary/aromatic N) is 1. The van der Waals surface area contributed by atoms with Crippen molar-refractivity contribution in [1.29, 1.82) is 0 Å². The van der Waals surface area contributed by atoms with E-state index in [1.54, 1.807) is 0 Å². The molecule has 7 heteroatoms. The molecule has 0 amide bonds. The van der Waals surface area contributed by atoms with Crippen LogP contribution in [0.25, 0.3) is 0 Å². The standard InChI is InChI=1S/C12H33NO2Si4/c1-9-13(10-2)19(15-17(5)6)14-12(3,4)11-18(7,8)16-19/h17H,9-11,16H2,1-8H3. The molecule has 0 N–H and O–H groups in total. The largest absolute Gasteiger partial charge is 0.431 e. The Morgan fingerprint density at radius 3 is 2.16 bits per heavy atom. The van der Waals surface area contributed by atoms with Gasteiger partial charge >= 0.3 is 8.24 Å². The van der Waals surface area contributed by atoms with Gasteiger partial charge in [0.2, 0.25) is 0 Å². The van der Waals surface area contributed by atoms with E-state index in [1.807, 2.05) is 0 Å². The maximum absolute atomic E-state index is 6.73. The lowest BCUT2D eigenvalue weighted by Crippen LogP contribution is -2.75. The van der Waals surface area contributed by atoms with Crippen LogP contribution in [0.5, 0.6) is 0 Å². The summed E-state index contributed by atoms with van der Waals surface area (Å²) >= 11 is 0. The van der Waals surface area contributed by atoms with Crippen LogP contribution in [-0.4, -0.2) is 56.7 Å². The fraction of sp³-hybridized carbons (Fsp3) is 1.00. The zero-order valence-electron chi connectivity index (χ0n) is 14.2. The first kappa shape index (κ1) is 17.8. The highest BCUT2D eigenvalue weighted by Crippen LogP contribution is 2.36. The second-order valence-corrected chi connectivity index (χ2v) is 30.4. The van der Waals surface area contributed by atoms with E-state index in [0.29, 0.717) is 0 Å². The molecule has 3 nitrogen and oxygen atoms in total. The molecule has 1 unspecified atom stereocenters. The molecule has 0 aromatic carbocycles. The first-order valence-electron chi connectivity index (χ1n) is 7.69. The molecule has 0 saturated carbocycles. The van der Waals surface area contributed by atoms with Crippen LogP contribution in [0.2, 0.25) is 32.2 Å². The second kappa shape index (κ2) is 6.25. The molecule has 1 fully saturated rings. The van der Waals surface area contributed by atoms with Gasteiger partial charge in [0.15, 0.2) is 9.04 Å². The van der Waals surface area contributed by atoms with Crippen LogP contribution in [0, 0.1) is 0 Å². The SMILES string of the molecule is CCN(CC)[Si]1(O[SiH](C)C)OC(C)(C)C[Si](C)(C)[SiH2]1. The zero-order chi connectivity index (χ0) is 14.9. The van der Waals surface area contributed by atoms with E-state index >= 15 is 0 Å². The summed E-state index contributed by atoms with van der Waals surface area (Å²) in [4.78, 5) is 0. The quantitative estimate of drug-likeness (QED) is 0.717. The summed E-state index contributed by atoms with van der Waals surface area (Å²) in [6.45, 7) is 21.0. The minimum atomic E-state index is -2.05. The van der Waals surface area contributed by atoms with E-state index < -0.39 is 24.9 Å². The highest BCUT2D eigenvalue weighted by Gasteiger charge is 2.56. The molecule has 0 bridgehead atoms. The summed E-state index contributed by atoms with van der Waals surface area (Å²) < 4.78 is 16.0. The second-order valence-electron chi connectivity index (χ2n) is 7.43. The minimum Gasteiger partial charge on any atom is -0.431 e. The molecule has 0 aromatic heterocycles. The first-order valence-corrected chi connectivity index (χ1v) is 20.1. The number of hydrogen-bond acceptors (Lipinski definition) is 3. The van der Waals surface area contributed by atoms with Crippen LogP contribution in [0.4, 0.5) is 0 Å². The van der Waals surface area contributed by atoms with Crippen molar-refractivity contribution in [1.82, 2.24) is 4.57 Å². The molecule has 1 rings (SSSR count). The normalized spacial score (nSPS) is 31.3. The lowest BCUT2D eigenvalue weighted by Gasteiger charge is -2.53. The Morgan fingerprint density at radius 2 is 1.79 bits per heavy atom. The molecule has 1 aliphatic rings. The third kappa shape index (κ3) is 4.62. The Kier molecular flexibility index (Phi) is 5.85. The topological polar surface area (TPSA) is 21.7 Å². The van der Waals surface area contributed by atoms with Crippen molar-refractivity contribution < 1.29 is 8.54 Å². The van der Waals surface area contributed by atoms with Crippen molar-refractivity contribution in [3.63, 3.8) is 0 Å². The molecular formula is C12H33NO2Si4. The number of hydrogen-bond donors (Lipinski definition) is 0. The van der Waals surface area contributed by atoms with Crippen LogP contribution < -0.4 is 0 Å². The Bertz CT molecular complexity index is 290. The predicted octanol–water partition coefficient (Wildman–Crippen LogP) is 1.95. The summed E-state index contributed by atoms with van der Waals surface area (Å²) in [6, 6.07) is 1.31. The van der Waals surface area contributed by atoms with E-state index in [9.17, 15) is 0 Å². The summed E-state index contributed by atoms with van der Waals surface area (Å²) in [5, 5.41) is 0. The lowest BCUT2D eigenvalue weighted by molar-refractivity contribution is 0.0664. The van der Waals surface area contributed by atoms with Crippen LogP contribution >= 0.6 is 0 Å². The van der Waals surface area contributed by atoms with Gasteiger partial charge in [-0.15, -0.1) is 0 Å². The molecule has 114 valence electrons. The van der Waals surface area contributed by atoms with Gasteiger partial charge in [-0.05, 0) is 46.1 Å². The smallest absolute Gasteiger partial charge is 0.380 e. The minimum absolute atomic E-state index is 0.0269. The van der Waals surface area contributed by atoms with E-state index in [0.717, 1.165) is 13.1 Å². The molecule has 0 radical (unpaired) electrons.